The topological polar surface area (TPSA) is 333 Å². The molecule has 0 aromatic rings. The first-order chi connectivity index (χ1) is 23.2. The molecule has 12 N–H and O–H groups in total. The fraction of sp³-hybridized carbons (Fsp3) is 0.690. The van der Waals surface area contributed by atoms with Gasteiger partial charge in [-0.25, -0.2) is 4.79 Å². The predicted octanol–water partition coefficient (Wildman–Crippen LogP) is -3.52. The van der Waals surface area contributed by atoms with Crippen molar-refractivity contribution in [1.82, 2.24) is 31.9 Å². The van der Waals surface area contributed by atoms with Crippen molar-refractivity contribution in [1.29, 1.82) is 0 Å². The van der Waals surface area contributed by atoms with Crippen LogP contribution in [0, 0.1) is 5.92 Å². The standard InChI is InChI=1S/C29H49N7O13S/c1-13(2)10-19(29(48)49)32-20(38)12-31-25(44)16(6-7-21(39)40)34-28(47)23(15(4)37)36-27(46)18(11-22(41)42)35-26(45)17(8-9-50-5)33-24(43)14(3)30/h13-19,23,37H,6-12,30H2,1-5H3,(H,31,44)(H,32,38)(H,33,43)(H,34,47)(H,35,45)(H,36,46)(H,39,40)(H,41,42)(H,48,49)/t14-,15+,16-,17-,18-,19-,23-/m0/s1. The van der Waals surface area contributed by atoms with E-state index in [2.05, 4.69) is 31.9 Å². The van der Waals surface area contributed by atoms with Crippen LogP contribution in [0.4, 0.5) is 0 Å². The van der Waals surface area contributed by atoms with Gasteiger partial charge in [-0.05, 0) is 51.0 Å². The number of carboxylic acids is 3. The molecule has 284 valence electrons. The molecule has 50 heavy (non-hydrogen) atoms. The van der Waals surface area contributed by atoms with E-state index < -0.39 is 122 Å². The van der Waals surface area contributed by atoms with Crippen molar-refractivity contribution >= 4 is 65.1 Å². The molecule has 0 aromatic carbocycles. The van der Waals surface area contributed by atoms with Crippen molar-refractivity contribution in [3.8, 4) is 0 Å². The van der Waals surface area contributed by atoms with Crippen LogP contribution >= 0.6 is 11.8 Å². The van der Waals surface area contributed by atoms with Gasteiger partial charge in [0, 0.05) is 6.42 Å². The second-order valence-corrected chi connectivity index (χ2v) is 12.8. The van der Waals surface area contributed by atoms with Crippen LogP contribution < -0.4 is 37.6 Å². The van der Waals surface area contributed by atoms with E-state index in [1.165, 1.54) is 18.7 Å². The van der Waals surface area contributed by atoms with E-state index in [4.69, 9.17) is 10.8 Å². The van der Waals surface area contributed by atoms with Gasteiger partial charge >= 0.3 is 17.9 Å². The first-order valence-corrected chi connectivity index (χ1v) is 17.0. The molecule has 0 bridgehead atoms. The van der Waals surface area contributed by atoms with Crippen LogP contribution in [-0.2, 0) is 43.2 Å². The van der Waals surface area contributed by atoms with Crippen LogP contribution in [0.1, 0.15) is 59.8 Å². The minimum atomic E-state index is -1.86. The monoisotopic (exact) mass is 735 g/mol. The molecule has 0 radical (unpaired) electrons. The zero-order valence-corrected chi connectivity index (χ0v) is 29.3. The second kappa shape index (κ2) is 23.0. The van der Waals surface area contributed by atoms with Gasteiger partial charge in [-0.3, -0.25) is 38.4 Å². The van der Waals surface area contributed by atoms with Crippen LogP contribution in [0.5, 0.6) is 0 Å². The Bertz CT molecular complexity index is 1230. The number of nitrogens with one attached hydrogen (secondary N) is 6. The number of carbonyl (C=O) groups is 9. The number of thioether (sulfide) groups is 1. The zero-order valence-electron chi connectivity index (χ0n) is 28.5. The Morgan fingerprint density at radius 1 is 0.660 bits per heavy atom. The minimum Gasteiger partial charge on any atom is -0.481 e. The lowest BCUT2D eigenvalue weighted by molar-refractivity contribution is -0.142. The van der Waals surface area contributed by atoms with Crippen LogP contribution in [0.15, 0.2) is 0 Å². The van der Waals surface area contributed by atoms with Gasteiger partial charge in [0.2, 0.25) is 35.4 Å². The first-order valence-electron chi connectivity index (χ1n) is 15.6. The van der Waals surface area contributed by atoms with Gasteiger partial charge in [0.15, 0.2) is 0 Å². The maximum atomic E-state index is 13.2. The third-order valence-electron chi connectivity index (χ3n) is 6.78. The number of rotatable bonds is 24. The molecule has 0 aliphatic rings. The highest BCUT2D eigenvalue weighted by atomic mass is 32.2. The molecule has 0 aliphatic heterocycles. The molecule has 7 atom stereocenters. The summed E-state index contributed by atoms with van der Waals surface area (Å²) in [5.74, 6) is -9.89. The second-order valence-electron chi connectivity index (χ2n) is 11.8. The van der Waals surface area contributed by atoms with E-state index in [9.17, 15) is 58.5 Å². The molecule has 20 nitrogen and oxygen atoms in total. The first kappa shape index (κ1) is 45.5. The van der Waals surface area contributed by atoms with Crippen LogP contribution in [-0.4, -0.2) is 135 Å². The number of aliphatic hydroxyl groups excluding tert-OH is 1. The summed E-state index contributed by atoms with van der Waals surface area (Å²) in [7, 11) is 0. The Balaban J connectivity index is 5.91. The largest absolute Gasteiger partial charge is 0.481 e. The van der Waals surface area contributed by atoms with Gasteiger partial charge in [-0.2, -0.15) is 11.8 Å². The number of carboxylic acid groups (broad SMARTS) is 3. The lowest BCUT2D eigenvalue weighted by atomic mass is 10.0. The maximum Gasteiger partial charge on any atom is 0.326 e. The van der Waals surface area contributed by atoms with E-state index >= 15 is 0 Å². The number of hydrogen-bond donors (Lipinski definition) is 11. The highest BCUT2D eigenvalue weighted by Crippen LogP contribution is 2.07. The number of nitrogens with two attached hydrogens (primary N) is 1. The zero-order chi connectivity index (χ0) is 38.7. The molecular formula is C29H49N7O13S. The number of hydrogen-bond acceptors (Lipinski definition) is 12. The third kappa shape index (κ3) is 18.3. The Hall–Kier alpha value is -4.50. The SMILES string of the molecule is CSCC[C@H](NC(=O)[C@H](C)N)C(=O)N[C@@H](CC(=O)O)C(=O)N[C@H](C(=O)N[C@@H](CCC(=O)O)C(=O)NCC(=O)N[C@@H](CC(C)C)C(=O)O)[C@@H](C)O. The third-order valence-corrected chi connectivity index (χ3v) is 7.42. The summed E-state index contributed by atoms with van der Waals surface area (Å²) in [6, 6.07) is -8.75. The molecule has 0 unspecified atom stereocenters. The fourth-order valence-corrected chi connectivity index (χ4v) is 4.62. The van der Waals surface area contributed by atoms with Crippen molar-refractivity contribution in [2.24, 2.45) is 11.7 Å². The molecule has 0 spiro atoms. The average Bonchev–Trinajstić information content (AvgIpc) is 3.00. The lowest BCUT2D eigenvalue weighted by Crippen LogP contribution is -2.61. The van der Waals surface area contributed by atoms with Crippen LogP contribution in [0.25, 0.3) is 0 Å². The summed E-state index contributed by atoms with van der Waals surface area (Å²) in [4.78, 5) is 111. The lowest BCUT2D eigenvalue weighted by Gasteiger charge is -2.27. The quantitative estimate of drug-likeness (QED) is 0.0458. The van der Waals surface area contributed by atoms with Crippen molar-refractivity contribution in [3.05, 3.63) is 0 Å². The molecular weight excluding hydrogens is 686 g/mol. The summed E-state index contributed by atoms with van der Waals surface area (Å²) in [6.07, 6.45) is -1.89. The minimum absolute atomic E-state index is 0.0884. The summed E-state index contributed by atoms with van der Waals surface area (Å²) < 4.78 is 0. The van der Waals surface area contributed by atoms with E-state index in [-0.39, 0.29) is 18.8 Å². The summed E-state index contributed by atoms with van der Waals surface area (Å²) in [6.45, 7) is 5.18. The van der Waals surface area contributed by atoms with Gasteiger partial charge < -0.3 is 58.1 Å². The van der Waals surface area contributed by atoms with Crippen molar-refractivity contribution in [3.63, 3.8) is 0 Å². The molecule has 0 aromatic heterocycles. The van der Waals surface area contributed by atoms with Gasteiger partial charge in [0.1, 0.15) is 30.2 Å². The maximum absolute atomic E-state index is 13.2. The van der Waals surface area contributed by atoms with E-state index in [0.29, 0.717) is 5.75 Å². The van der Waals surface area contributed by atoms with Gasteiger partial charge in [0.05, 0.1) is 25.1 Å². The van der Waals surface area contributed by atoms with E-state index in [0.717, 1.165) is 6.92 Å². The van der Waals surface area contributed by atoms with Crippen LogP contribution in [0.3, 0.4) is 0 Å². The summed E-state index contributed by atoms with van der Waals surface area (Å²) in [5.41, 5.74) is 5.55. The van der Waals surface area contributed by atoms with Gasteiger partial charge in [-0.15, -0.1) is 0 Å². The van der Waals surface area contributed by atoms with Crippen molar-refractivity contribution in [2.45, 2.75) is 102 Å². The Morgan fingerprint density at radius 3 is 1.68 bits per heavy atom. The van der Waals surface area contributed by atoms with Crippen LogP contribution in [0.2, 0.25) is 0 Å². The van der Waals surface area contributed by atoms with E-state index in [1.54, 1.807) is 20.1 Å². The average molecular weight is 736 g/mol. The highest BCUT2D eigenvalue weighted by molar-refractivity contribution is 7.98. The molecule has 6 amide bonds. The molecule has 0 aliphatic carbocycles. The molecule has 0 fully saturated rings. The number of carbonyl (C=O) groups excluding carboxylic acids is 6. The Kier molecular flexibility index (Phi) is 20.9. The predicted molar refractivity (Wildman–Crippen MR) is 177 cm³/mol. The molecule has 0 saturated heterocycles. The fourth-order valence-electron chi connectivity index (χ4n) is 4.15. The molecule has 0 rings (SSSR count). The summed E-state index contributed by atoms with van der Waals surface area (Å²) in [5, 5.41) is 51.5. The number of aliphatic carboxylic acids is 3. The Morgan fingerprint density at radius 2 is 1.20 bits per heavy atom. The number of aliphatic hydroxyl groups is 1. The summed E-state index contributed by atoms with van der Waals surface area (Å²) >= 11 is 1.34. The highest BCUT2D eigenvalue weighted by Gasteiger charge is 2.34. The van der Waals surface area contributed by atoms with Crippen molar-refractivity contribution < 1.29 is 63.6 Å². The smallest absolute Gasteiger partial charge is 0.326 e. The number of amides is 6. The van der Waals surface area contributed by atoms with Crippen molar-refractivity contribution in [2.75, 3.05) is 18.6 Å². The normalized spacial score (nSPS) is 15.1. The molecule has 0 heterocycles. The molecule has 0 saturated carbocycles. The Labute approximate surface area is 292 Å². The van der Waals surface area contributed by atoms with Gasteiger partial charge in [0.25, 0.3) is 0 Å². The molecule has 21 heteroatoms. The van der Waals surface area contributed by atoms with E-state index in [1.807, 2.05) is 0 Å². The van der Waals surface area contributed by atoms with Gasteiger partial charge in [-0.1, -0.05) is 13.8 Å².